The summed E-state index contributed by atoms with van der Waals surface area (Å²) in [5.74, 6) is 1.04. The first kappa shape index (κ1) is 24.0. The van der Waals surface area contributed by atoms with Gasteiger partial charge in [-0.05, 0) is 56.3 Å². The van der Waals surface area contributed by atoms with Gasteiger partial charge in [0.1, 0.15) is 5.82 Å². The largest absolute Gasteiger partial charge is 0.454 e. The molecule has 188 valence electrons. The van der Waals surface area contributed by atoms with Crippen LogP contribution in [0, 0.1) is 19.7 Å². The van der Waals surface area contributed by atoms with Crippen molar-refractivity contribution in [2.75, 3.05) is 51.4 Å². The molecule has 1 amide bonds. The van der Waals surface area contributed by atoms with E-state index in [-0.39, 0.29) is 30.8 Å². The lowest BCUT2D eigenvalue weighted by Crippen LogP contribution is -2.49. The summed E-state index contributed by atoms with van der Waals surface area (Å²) in [6.45, 7) is 7.56. The average molecular weight is 493 g/mol. The zero-order chi connectivity index (χ0) is 25.2. The van der Waals surface area contributed by atoms with Gasteiger partial charge in [-0.3, -0.25) is 19.4 Å². The molecule has 1 aromatic heterocycles. The molecule has 3 heterocycles. The smallest absolute Gasteiger partial charge is 0.238 e. The van der Waals surface area contributed by atoms with Gasteiger partial charge in [0.15, 0.2) is 17.3 Å². The van der Waals surface area contributed by atoms with E-state index in [1.807, 2.05) is 38.1 Å². The van der Waals surface area contributed by atoms with Crippen molar-refractivity contribution in [2.24, 2.45) is 0 Å². The minimum atomic E-state index is -0.339. The van der Waals surface area contributed by atoms with Crippen molar-refractivity contribution >= 4 is 17.4 Å². The maximum Gasteiger partial charge on any atom is 0.238 e. The number of nitrogens with one attached hydrogen (secondary N) is 1. The van der Waals surface area contributed by atoms with Crippen LogP contribution in [0.5, 0.6) is 11.5 Å². The van der Waals surface area contributed by atoms with Crippen LogP contribution >= 0.6 is 0 Å². The number of Topliss-reactive ketones (excluding diaryl/α,β-unsaturated/α-hetero) is 1. The summed E-state index contributed by atoms with van der Waals surface area (Å²) in [4.78, 5) is 29.7. The monoisotopic (exact) mass is 492 g/mol. The van der Waals surface area contributed by atoms with Crippen molar-refractivity contribution in [2.45, 2.75) is 13.8 Å². The molecule has 8 nitrogen and oxygen atoms in total. The summed E-state index contributed by atoms with van der Waals surface area (Å²) >= 11 is 0. The first-order valence-electron chi connectivity index (χ1n) is 12.0. The van der Waals surface area contributed by atoms with Gasteiger partial charge in [-0.1, -0.05) is 0 Å². The maximum atomic E-state index is 13.2. The number of carbonyl (C=O) groups is 2. The van der Waals surface area contributed by atoms with Crippen molar-refractivity contribution in [1.82, 2.24) is 14.4 Å². The molecule has 2 aromatic carbocycles. The van der Waals surface area contributed by atoms with Crippen LogP contribution in [0.1, 0.15) is 21.7 Å². The summed E-state index contributed by atoms with van der Waals surface area (Å²) in [5, 5.41) is 2.79. The second kappa shape index (κ2) is 10.1. The van der Waals surface area contributed by atoms with Gasteiger partial charge in [0.05, 0.1) is 13.1 Å². The number of anilines is 1. The number of aromatic nitrogens is 1. The third kappa shape index (κ3) is 5.12. The number of nitrogens with zero attached hydrogens (tertiary/aromatic N) is 3. The SMILES string of the molecule is Cc1cc(C(=O)CN2CCN(CC(=O)Nc3ccc(F)cc3)CC2)c(C)n1-c1ccc2c(c1)OCO2. The molecule has 0 bridgehead atoms. The highest BCUT2D eigenvalue weighted by atomic mass is 19.1. The second-order valence-electron chi connectivity index (χ2n) is 9.19. The molecule has 3 aromatic rings. The van der Waals surface area contributed by atoms with Crippen LogP contribution in [0.2, 0.25) is 0 Å². The average Bonchev–Trinajstić information content (AvgIpc) is 3.44. The maximum absolute atomic E-state index is 13.2. The summed E-state index contributed by atoms with van der Waals surface area (Å²) in [6, 6.07) is 13.4. The molecule has 0 aliphatic carbocycles. The van der Waals surface area contributed by atoms with Gasteiger partial charge < -0.3 is 19.4 Å². The molecular formula is C27H29FN4O4. The van der Waals surface area contributed by atoms with Crippen molar-refractivity contribution < 1.29 is 23.5 Å². The summed E-state index contributed by atoms with van der Waals surface area (Å²) in [6.07, 6.45) is 0. The van der Waals surface area contributed by atoms with Crippen molar-refractivity contribution in [3.05, 3.63) is 71.3 Å². The molecule has 0 radical (unpaired) electrons. The number of ketones is 1. The fraction of sp³-hybridized carbons (Fsp3) is 0.333. The van der Waals surface area contributed by atoms with E-state index >= 15 is 0 Å². The van der Waals surface area contributed by atoms with E-state index in [4.69, 9.17) is 9.47 Å². The minimum Gasteiger partial charge on any atom is -0.454 e. The quantitative estimate of drug-likeness (QED) is 0.510. The van der Waals surface area contributed by atoms with Gasteiger partial charge >= 0.3 is 0 Å². The van der Waals surface area contributed by atoms with E-state index in [1.165, 1.54) is 12.1 Å². The Bertz CT molecular complexity index is 1280. The molecule has 2 aliphatic rings. The van der Waals surface area contributed by atoms with Gasteiger partial charge in [0, 0.05) is 60.6 Å². The molecule has 36 heavy (non-hydrogen) atoms. The van der Waals surface area contributed by atoms with Crippen LogP contribution in [0.25, 0.3) is 5.69 Å². The lowest BCUT2D eigenvalue weighted by molar-refractivity contribution is -0.117. The molecule has 2 aliphatic heterocycles. The number of fused-ring (bicyclic) bond motifs is 1. The topological polar surface area (TPSA) is 76.0 Å². The Morgan fingerprint density at radius 1 is 0.889 bits per heavy atom. The van der Waals surface area contributed by atoms with Crippen LogP contribution < -0.4 is 14.8 Å². The number of carbonyl (C=O) groups excluding carboxylic acids is 2. The van der Waals surface area contributed by atoms with Gasteiger partial charge in [0.25, 0.3) is 0 Å². The first-order valence-corrected chi connectivity index (χ1v) is 12.0. The molecular weight excluding hydrogens is 463 g/mol. The molecule has 1 saturated heterocycles. The number of ether oxygens (including phenoxy) is 2. The predicted molar refractivity (Wildman–Crippen MR) is 134 cm³/mol. The van der Waals surface area contributed by atoms with Crippen LogP contribution in [0.15, 0.2) is 48.5 Å². The van der Waals surface area contributed by atoms with E-state index in [0.717, 1.165) is 22.8 Å². The second-order valence-corrected chi connectivity index (χ2v) is 9.19. The summed E-state index contributed by atoms with van der Waals surface area (Å²) < 4.78 is 26.0. The highest BCUT2D eigenvalue weighted by molar-refractivity contribution is 5.99. The number of piperazine rings is 1. The number of hydrogen-bond acceptors (Lipinski definition) is 6. The Kier molecular flexibility index (Phi) is 6.75. The molecule has 0 unspecified atom stereocenters. The fourth-order valence-corrected chi connectivity index (χ4v) is 4.80. The Morgan fingerprint density at radius 2 is 1.56 bits per heavy atom. The molecule has 0 saturated carbocycles. The van der Waals surface area contributed by atoms with Gasteiger partial charge in [-0.2, -0.15) is 0 Å². The van der Waals surface area contributed by atoms with E-state index in [1.54, 1.807) is 12.1 Å². The molecule has 0 spiro atoms. The highest BCUT2D eigenvalue weighted by Gasteiger charge is 2.24. The van der Waals surface area contributed by atoms with Gasteiger partial charge in [0.2, 0.25) is 12.7 Å². The third-order valence-corrected chi connectivity index (χ3v) is 6.67. The molecule has 1 N–H and O–H groups in total. The summed E-state index contributed by atoms with van der Waals surface area (Å²) in [7, 11) is 0. The van der Waals surface area contributed by atoms with E-state index in [9.17, 15) is 14.0 Å². The number of amides is 1. The van der Waals surface area contributed by atoms with E-state index < -0.39 is 0 Å². The zero-order valence-electron chi connectivity index (χ0n) is 20.4. The first-order chi connectivity index (χ1) is 17.4. The molecule has 9 heteroatoms. The number of halogens is 1. The van der Waals surface area contributed by atoms with Gasteiger partial charge in [-0.25, -0.2) is 4.39 Å². The lowest BCUT2D eigenvalue weighted by atomic mass is 10.1. The Hall–Kier alpha value is -3.69. The number of aryl methyl sites for hydroxylation is 1. The van der Waals surface area contributed by atoms with Crippen LogP contribution in [-0.2, 0) is 4.79 Å². The van der Waals surface area contributed by atoms with Crippen molar-refractivity contribution in [3.63, 3.8) is 0 Å². The number of rotatable bonds is 7. The van der Waals surface area contributed by atoms with Crippen LogP contribution in [0.4, 0.5) is 10.1 Å². The predicted octanol–water partition coefficient (Wildman–Crippen LogP) is 3.40. The van der Waals surface area contributed by atoms with E-state index in [0.29, 0.717) is 49.7 Å². The third-order valence-electron chi connectivity index (χ3n) is 6.67. The van der Waals surface area contributed by atoms with Crippen LogP contribution in [0.3, 0.4) is 0 Å². The number of benzene rings is 2. The van der Waals surface area contributed by atoms with E-state index in [2.05, 4.69) is 19.7 Å². The number of hydrogen-bond donors (Lipinski definition) is 1. The normalized spacial score (nSPS) is 15.8. The molecule has 5 rings (SSSR count). The Balaban J connectivity index is 1.15. The lowest BCUT2D eigenvalue weighted by Gasteiger charge is -2.33. The zero-order valence-corrected chi connectivity index (χ0v) is 20.4. The van der Waals surface area contributed by atoms with Crippen LogP contribution in [-0.4, -0.2) is 72.1 Å². The van der Waals surface area contributed by atoms with Gasteiger partial charge in [-0.15, -0.1) is 0 Å². The van der Waals surface area contributed by atoms with Crippen molar-refractivity contribution in [1.29, 1.82) is 0 Å². The minimum absolute atomic E-state index is 0.0811. The summed E-state index contributed by atoms with van der Waals surface area (Å²) in [5.41, 5.74) is 4.09. The Labute approximate surface area is 209 Å². The molecule has 0 atom stereocenters. The molecule has 1 fully saturated rings. The standard InChI is InChI=1S/C27H29FN4O4/c1-18-13-23(19(2)32(18)22-7-8-25-26(14-22)36-17-35-25)24(33)15-30-9-11-31(12-10-30)16-27(34)29-21-5-3-20(28)4-6-21/h3-8,13-14H,9-12,15-17H2,1-2H3,(H,29,34). The highest BCUT2D eigenvalue weighted by Crippen LogP contribution is 2.35. The Morgan fingerprint density at radius 3 is 2.28 bits per heavy atom. The van der Waals surface area contributed by atoms with Crippen molar-refractivity contribution in [3.8, 4) is 17.2 Å². The fourth-order valence-electron chi connectivity index (χ4n) is 4.80.